The van der Waals surface area contributed by atoms with E-state index in [-0.39, 0.29) is 24.0 Å². The van der Waals surface area contributed by atoms with E-state index in [1.165, 1.54) is 0 Å². The number of benzene rings is 1. The number of nitrogens with one attached hydrogen (secondary N) is 1. The summed E-state index contributed by atoms with van der Waals surface area (Å²) >= 11 is 0. The summed E-state index contributed by atoms with van der Waals surface area (Å²) < 4.78 is 11.3. The molecule has 2 rings (SSSR count). The molecule has 0 aliphatic carbocycles. The number of nitrogens with zero attached hydrogens (tertiary/aromatic N) is 2. The third kappa shape index (κ3) is 8.12. The van der Waals surface area contributed by atoms with Crippen LogP contribution in [0.5, 0.6) is 5.75 Å². The number of guanidine groups is 1. The minimum Gasteiger partial charge on any atom is -0.493 e. The molecule has 0 bridgehead atoms. The molecular formula is C20H34IN3O2. The van der Waals surface area contributed by atoms with Crippen molar-refractivity contribution in [1.29, 1.82) is 0 Å². The highest BCUT2D eigenvalue weighted by Crippen LogP contribution is 2.16. The van der Waals surface area contributed by atoms with Gasteiger partial charge in [0.05, 0.1) is 19.8 Å². The fourth-order valence-electron chi connectivity index (χ4n) is 2.83. The Hall–Kier alpha value is -1.02. The van der Waals surface area contributed by atoms with E-state index in [9.17, 15) is 0 Å². The van der Waals surface area contributed by atoms with Gasteiger partial charge in [-0.2, -0.15) is 0 Å². The summed E-state index contributed by atoms with van der Waals surface area (Å²) in [5, 5.41) is 3.39. The van der Waals surface area contributed by atoms with Gasteiger partial charge in [0.25, 0.3) is 0 Å². The maximum atomic E-state index is 5.81. The summed E-state index contributed by atoms with van der Waals surface area (Å²) in [6.45, 7) is 11.4. The van der Waals surface area contributed by atoms with Crippen molar-refractivity contribution in [2.45, 2.75) is 33.7 Å². The highest BCUT2D eigenvalue weighted by molar-refractivity contribution is 14.0. The lowest BCUT2D eigenvalue weighted by Gasteiger charge is -2.24. The third-order valence-corrected chi connectivity index (χ3v) is 4.15. The van der Waals surface area contributed by atoms with Gasteiger partial charge < -0.3 is 19.7 Å². The molecule has 5 nitrogen and oxygen atoms in total. The minimum atomic E-state index is 0. The van der Waals surface area contributed by atoms with Crippen molar-refractivity contribution in [3.63, 3.8) is 0 Å². The lowest BCUT2D eigenvalue weighted by atomic mass is 10.1. The van der Waals surface area contributed by atoms with Gasteiger partial charge in [0.15, 0.2) is 5.96 Å². The van der Waals surface area contributed by atoms with Crippen molar-refractivity contribution in [2.24, 2.45) is 16.8 Å². The fraction of sp³-hybridized carbons (Fsp3) is 0.650. The Kier molecular flexibility index (Phi) is 11.0. The van der Waals surface area contributed by atoms with Crippen molar-refractivity contribution in [3.05, 3.63) is 29.8 Å². The van der Waals surface area contributed by atoms with E-state index in [0.29, 0.717) is 18.4 Å². The average molecular weight is 475 g/mol. The maximum Gasteiger partial charge on any atom is 0.193 e. The molecule has 1 N–H and O–H groups in total. The van der Waals surface area contributed by atoms with Gasteiger partial charge in [-0.05, 0) is 37.0 Å². The first kappa shape index (κ1) is 23.0. The zero-order valence-electron chi connectivity index (χ0n) is 16.5. The van der Waals surface area contributed by atoms with E-state index < -0.39 is 0 Å². The first-order valence-electron chi connectivity index (χ1n) is 9.37. The van der Waals surface area contributed by atoms with Crippen LogP contribution in [-0.4, -0.2) is 50.8 Å². The van der Waals surface area contributed by atoms with Crippen LogP contribution in [-0.2, 0) is 11.3 Å². The molecule has 1 fully saturated rings. The summed E-state index contributed by atoms with van der Waals surface area (Å²) in [7, 11) is 2.10. The molecule has 0 radical (unpaired) electrons. The van der Waals surface area contributed by atoms with Crippen LogP contribution in [0.2, 0.25) is 0 Å². The predicted octanol–water partition coefficient (Wildman–Crippen LogP) is 3.77. The molecule has 0 saturated carbocycles. The standard InChI is InChI=1S/C20H33N3O2.HI/c1-5-21-20(23(4)13-18-9-10-24-15-18)22-12-17-7-6-8-19(11-17)25-14-16(2)3;/h6-8,11,16,18H,5,9-10,12-15H2,1-4H3,(H,21,22);1H. The van der Waals surface area contributed by atoms with Gasteiger partial charge in [-0.1, -0.05) is 26.0 Å². The Morgan fingerprint density at radius 3 is 2.88 bits per heavy atom. The van der Waals surface area contributed by atoms with Gasteiger partial charge in [0, 0.05) is 32.7 Å². The van der Waals surface area contributed by atoms with Crippen LogP contribution in [0.3, 0.4) is 0 Å². The van der Waals surface area contributed by atoms with Gasteiger partial charge in [-0.3, -0.25) is 0 Å². The molecule has 26 heavy (non-hydrogen) atoms. The van der Waals surface area contributed by atoms with Crippen LogP contribution < -0.4 is 10.1 Å². The van der Waals surface area contributed by atoms with Crippen LogP contribution in [0.15, 0.2) is 29.3 Å². The first-order valence-corrected chi connectivity index (χ1v) is 9.37. The molecule has 1 unspecified atom stereocenters. The summed E-state index contributed by atoms with van der Waals surface area (Å²) in [5.74, 6) is 2.99. The Balaban J connectivity index is 0.00000338. The molecule has 1 atom stereocenters. The van der Waals surface area contributed by atoms with Gasteiger partial charge in [-0.15, -0.1) is 24.0 Å². The van der Waals surface area contributed by atoms with Gasteiger partial charge in [-0.25, -0.2) is 4.99 Å². The van der Waals surface area contributed by atoms with Crippen LogP contribution in [0.25, 0.3) is 0 Å². The van der Waals surface area contributed by atoms with E-state index in [1.807, 2.05) is 12.1 Å². The van der Waals surface area contributed by atoms with E-state index in [0.717, 1.165) is 56.6 Å². The molecule has 1 aromatic carbocycles. The molecule has 0 spiro atoms. The van der Waals surface area contributed by atoms with E-state index in [2.05, 4.69) is 50.2 Å². The molecule has 0 aromatic heterocycles. The molecule has 1 aromatic rings. The molecule has 1 aliphatic rings. The molecule has 148 valence electrons. The van der Waals surface area contributed by atoms with Crippen LogP contribution in [0.4, 0.5) is 0 Å². The zero-order chi connectivity index (χ0) is 18.1. The zero-order valence-corrected chi connectivity index (χ0v) is 18.9. The smallest absolute Gasteiger partial charge is 0.193 e. The number of aliphatic imine (C=N–C) groups is 1. The van der Waals surface area contributed by atoms with E-state index in [4.69, 9.17) is 14.5 Å². The molecule has 6 heteroatoms. The Bertz CT molecular complexity index is 546. The van der Waals surface area contributed by atoms with Crippen LogP contribution in [0, 0.1) is 11.8 Å². The predicted molar refractivity (Wildman–Crippen MR) is 119 cm³/mol. The monoisotopic (exact) mass is 475 g/mol. The summed E-state index contributed by atoms with van der Waals surface area (Å²) in [6.07, 6.45) is 1.14. The normalized spacial score (nSPS) is 17.1. The van der Waals surface area contributed by atoms with Crippen LogP contribution in [0.1, 0.15) is 32.8 Å². The summed E-state index contributed by atoms with van der Waals surface area (Å²) in [4.78, 5) is 7.01. The lowest BCUT2D eigenvalue weighted by molar-refractivity contribution is 0.181. The number of hydrogen-bond acceptors (Lipinski definition) is 3. The Labute approximate surface area is 175 Å². The molecular weight excluding hydrogens is 441 g/mol. The highest BCUT2D eigenvalue weighted by atomic mass is 127. The molecule has 1 aliphatic heterocycles. The second-order valence-corrected chi connectivity index (χ2v) is 7.13. The number of rotatable bonds is 8. The largest absolute Gasteiger partial charge is 0.493 e. The molecule has 1 saturated heterocycles. The van der Waals surface area contributed by atoms with Crippen molar-refractivity contribution in [2.75, 3.05) is 40.0 Å². The molecule has 0 amide bonds. The SMILES string of the molecule is CCNC(=NCc1cccc(OCC(C)C)c1)N(C)CC1CCOC1.I. The lowest BCUT2D eigenvalue weighted by Crippen LogP contribution is -2.41. The Morgan fingerprint density at radius 2 is 2.23 bits per heavy atom. The highest BCUT2D eigenvalue weighted by Gasteiger charge is 2.19. The summed E-state index contributed by atoms with van der Waals surface area (Å²) in [6, 6.07) is 8.22. The van der Waals surface area contributed by atoms with Crippen molar-refractivity contribution >= 4 is 29.9 Å². The molecule has 1 heterocycles. The van der Waals surface area contributed by atoms with Gasteiger partial charge in [0.1, 0.15) is 5.75 Å². The number of hydrogen-bond donors (Lipinski definition) is 1. The second kappa shape index (κ2) is 12.4. The average Bonchev–Trinajstić information content (AvgIpc) is 3.10. The summed E-state index contributed by atoms with van der Waals surface area (Å²) in [5.41, 5.74) is 1.16. The van der Waals surface area contributed by atoms with Crippen LogP contribution >= 0.6 is 24.0 Å². The van der Waals surface area contributed by atoms with E-state index >= 15 is 0 Å². The second-order valence-electron chi connectivity index (χ2n) is 7.13. The number of ether oxygens (including phenoxy) is 2. The minimum absolute atomic E-state index is 0. The van der Waals surface area contributed by atoms with Gasteiger partial charge in [0.2, 0.25) is 0 Å². The third-order valence-electron chi connectivity index (χ3n) is 4.15. The maximum absolute atomic E-state index is 5.81. The van der Waals surface area contributed by atoms with E-state index in [1.54, 1.807) is 0 Å². The fourth-order valence-corrected chi connectivity index (χ4v) is 2.83. The van der Waals surface area contributed by atoms with Crippen molar-refractivity contribution in [1.82, 2.24) is 10.2 Å². The first-order chi connectivity index (χ1) is 12.1. The van der Waals surface area contributed by atoms with Crippen molar-refractivity contribution in [3.8, 4) is 5.75 Å². The van der Waals surface area contributed by atoms with Gasteiger partial charge >= 0.3 is 0 Å². The Morgan fingerprint density at radius 1 is 1.42 bits per heavy atom. The number of halogens is 1. The quantitative estimate of drug-likeness (QED) is 0.353. The van der Waals surface area contributed by atoms with Crippen molar-refractivity contribution < 1.29 is 9.47 Å². The topological polar surface area (TPSA) is 46.1 Å².